The van der Waals surface area contributed by atoms with Gasteiger partial charge < -0.3 is 67.3 Å². The first-order valence-corrected chi connectivity index (χ1v) is 33.0. The van der Waals surface area contributed by atoms with Crippen LogP contribution in [-0.2, 0) is 63.6 Å². The Bertz CT molecular complexity index is 2840. The van der Waals surface area contributed by atoms with Crippen molar-refractivity contribution < 1.29 is 66.5 Å². The van der Waals surface area contributed by atoms with E-state index in [0.29, 0.717) is 100 Å². The molecule has 0 atom stereocenters. The Morgan fingerprint density at radius 2 is 0.600 bits per heavy atom. The third-order valence-electron chi connectivity index (χ3n) is 16.4. The summed E-state index contributed by atoms with van der Waals surface area (Å²) in [7, 11) is 0. The van der Waals surface area contributed by atoms with Crippen LogP contribution in [0.4, 0.5) is 0 Å². The molecule has 0 radical (unpaired) electrons. The number of carbonyl (C=O) groups excluding carboxylic acids is 4. The predicted molar refractivity (Wildman–Crippen MR) is 349 cm³/mol. The molecular weight excluding hydrogens is 1140 g/mol. The second-order valence-corrected chi connectivity index (χ2v) is 22.5. The first-order chi connectivity index (χ1) is 43.7. The van der Waals surface area contributed by atoms with Gasteiger partial charge in [-0.15, -0.1) is 0 Å². The number of nitrogens with one attached hydrogen (secondary N) is 4. The lowest BCUT2D eigenvalue weighted by Crippen LogP contribution is -2.15. The number of hydrogen-bond donors (Lipinski definition) is 4. The molecule has 494 valence electrons. The number of aromatic amines is 4. The number of ether oxygens (including phenoxy) is 10. The van der Waals surface area contributed by atoms with Crippen molar-refractivity contribution in [2.75, 3.05) is 92.5 Å². The number of unbranched alkanes of at least 4 members (excludes halogenated alkanes) is 4. The van der Waals surface area contributed by atoms with Crippen LogP contribution in [0.25, 0.3) is 0 Å². The van der Waals surface area contributed by atoms with Crippen molar-refractivity contribution in [1.82, 2.24) is 19.9 Å². The SMILES string of the molecule is CCCCc1c(C(=O)OCC)[nH]c(C(c2cccc(OCCOCCOCCOCCOCCOc3cccc(C(c4[nH]c(C(=O)OCC)c(CCCC)c4C)c4[nH]c(C(=O)OCC)c(CCCC)c4C)c3)c2)c2[nH]c(C(=O)OCC)c(CCCC)c2C)c1C. The maximum Gasteiger partial charge on any atom is 0.355 e. The molecule has 90 heavy (non-hydrogen) atoms. The van der Waals surface area contributed by atoms with Crippen molar-refractivity contribution in [3.8, 4) is 11.5 Å². The topological polar surface area (TPSA) is 224 Å². The third kappa shape index (κ3) is 19.2. The molecule has 4 aromatic heterocycles. The Morgan fingerprint density at radius 3 is 0.833 bits per heavy atom. The summed E-state index contributed by atoms with van der Waals surface area (Å²) in [5, 5.41) is 0. The van der Waals surface area contributed by atoms with Gasteiger partial charge in [0.1, 0.15) is 47.5 Å². The highest BCUT2D eigenvalue weighted by Crippen LogP contribution is 2.42. The largest absolute Gasteiger partial charge is 0.491 e. The lowest BCUT2D eigenvalue weighted by atomic mass is 9.87. The van der Waals surface area contributed by atoms with Crippen LogP contribution < -0.4 is 9.47 Å². The molecule has 18 heteroatoms. The van der Waals surface area contributed by atoms with Crippen LogP contribution in [0.3, 0.4) is 0 Å². The zero-order chi connectivity index (χ0) is 65.0. The second-order valence-electron chi connectivity index (χ2n) is 22.5. The first kappa shape index (κ1) is 71.9. The van der Waals surface area contributed by atoms with Crippen LogP contribution in [0.2, 0.25) is 0 Å². The quantitative estimate of drug-likeness (QED) is 0.0159. The van der Waals surface area contributed by atoms with E-state index in [2.05, 4.69) is 75.3 Å². The number of carbonyl (C=O) groups is 4. The standard InChI is InChI=1S/C72H102N4O14/c1-13-21-31-55-47(9)61(73-65(55)69(77)85-17-5)59(62-48(10)56(32-22-14-2)66(74-62)70(78)86-18-6)51-27-25-29-53(45-51)89-43-41-83-39-37-81-35-36-82-38-40-84-42-44-90-54-30-26-28-52(46-54)60(63-49(11)57(33-23-15-3)67(75-63)71(79)87-19-7)64-50(12)58(34-24-16-4)68(76-64)72(80)88-20-8/h25-30,45-46,59-60,73-76H,13-24,31-44H2,1-12H3. The average Bonchev–Trinajstić information content (AvgIpc) is 1.67. The van der Waals surface area contributed by atoms with Crippen LogP contribution in [0, 0.1) is 27.7 Å². The zero-order valence-corrected chi connectivity index (χ0v) is 55.9. The lowest BCUT2D eigenvalue weighted by Gasteiger charge is -2.20. The van der Waals surface area contributed by atoms with Crippen molar-refractivity contribution in [2.45, 2.75) is 172 Å². The predicted octanol–water partition coefficient (Wildman–Crippen LogP) is 14.2. The molecule has 0 aliphatic heterocycles. The summed E-state index contributed by atoms with van der Waals surface area (Å²) in [5.74, 6) is -1.05. The molecule has 0 unspecified atom stereocenters. The van der Waals surface area contributed by atoms with E-state index < -0.39 is 11.8 Å². The van der Waals surface area contributed by atoms with Gasteiger partial charge in [0.2, 0.25) is 0 Å². The highest BCUT2D eigenvalue weighted by molar-refractivity contribution is 5.92. The van der Waals surface area contributed by atoms with Gasteiger partial charge in [0.05, 0.1) is 91.1 Å². The maximum absolute atomic E-state index is 13.5. The molecule has 0 fully saturated rings. The van der Waals surface area contributed by atoms with Crippen molar-refractivity contribution in [2.24, 2.45) is 0 Å². The molecule has 4 heterocycles. The highest BCUT2D eigenvalue weighted by Gasteiger charge is 2.34. The summed E-state index contributed by atoms with van der Waals surface area (Å²) in [4.78, 5) is 68.0. The second kappa shape index (κ2) is 37.9. The van der Waals surface area contributed by atoms with Gasteiger partial charge in [0.25, 0.3) is 0 Å². The molecule has 18 nitrogen and oxygen atoms in total. The van der Waals surface area contributed by atoms with E-state index in [4.69, 9.17) is 47.4 Å². The van der Waals surface area contributed by atoms with Crippen molar-refractivity contribution in [3.05, 3.63) is 150 Å². The highest BCUT2D eigenvalue weighted by atomic mass is 16.6. The smallest absolute Gasteiger partial charge is 0.355 e. The van der Waals surface area contributed by atoms with Gasteiger partial charge in [-0.1, -0.05) is 77.6 Å². The molecular formula is C72H102N4O14. The third-order valence-corrected chi connectivity index (χ3v) is 16.4. The minimum absolute atomic E-state index is 0.258. The summed E-state index contributed by atoms with van der Waals surface area (Å²) in [6.07, 6.45) is 10.4. The molecule has 0 amide bonds. The van der Waals surface area contributed by atoms with Crippen LogP contribution in [0.15, 0.2) is 48.5 Å². The van der Waals surface area contributed by atoms with Crippen LogP contribution in [0.5, 0.6) is 11.5 Å². The summed E-state index contributed by atoms with van der Waals surface area (Å²) in [6, 6.07) is 15.9. The lowest BCUT2D eigenvalue weighted by molar-refractivity contribution is -0.00699. The fraction of sp³-hybridized carbons (Fsp3) is 0.556. The summed E-state index contributed by atoms with van der Waals surface area (Å²) in [5.41, 5.74) is 14.8. The van der Waals surface area contributed by atoms with Crippen molar-refractivity contribution in [3.63, 3.8) is 0 Å². The van der Waals surface area contributed by atoms with Crippen LogP contribution in [-0.4, -0.2) is 136 Å². The molecule has 0 aliphatic rings. The average molecular weight is 1250 g/mol. The Balaban J connectivity index is 0.990. The van der Waals surface area contributed by atoms with E-state index in [9.17, 15) is 19.2 Å². The van der Waals surface area contributed by atoms with E-state index in [1.165, 1.54) is 0 Å². The number of aromatic nitrogens is 4. The zero-order valence-electron chi connectivity index (χ0n) is 55.9. The summed E-state index contributed by atoms with van der Waals surface area (Å²) in [6.45, 7) is 28.7. The van der Waals surface area contributed by atoms with Gasteiger partial charge in [0.15, 0.2) is 0 Å². The van der Waals surface area contributed by atoms with E-state index >= 15 is 0 Å². The summed E-state index contributed by atoms with van der Waals surface area (Å²) >= 11 is 0. The number of hydrogen-bond acceptors (Lipinski definition) is 14. The van der Waals surface area contributed by atoms with Gasteiger partial charge in [-0.3, -0.25) is 0 Å². The number of esters is 4. The molecule has 0 aliphatic carbocycles. The van der Waals surface area contributed by atoms with Gasteiger partial charge in [0, 0.05) is 22.8 Å². The molecule has 2 aromatic carbocycles. The molecule has 4 N–H and O–H groups in total. The van der Waals surface area contributed by atoms with E-state index in [1.54, 1.807) is 0 Å². The Labute approximate surface area is 533 Å². The normalized spacial score (nSPS) is 11.5. The molecule has 6 rings (SSSR count). The maximum atomic E-state index is 13.5. The van der Waals surface area contributed by atoms with Crippen molar-refractivity contribution >= 4 is 23.9 Å². The molecule has 0 saturated carbocycles. The van der Waals surface area contributed by atoms with Gasteiger partial charge >= 0.3 is 23.9 Å². The molecule has 0 bridgehead atoms. The summed E-state index contributed by atoms with van der Waals surface area (Å²) < 4.78 is 58.0. The fourth-order valence-electron chi connectivity index (χ4n) is 11.7. The van der Waals surface area contributed by atoms with Gasteiger partial charge in [-0.25, -0.2) is 19.2 Å². The minimum Gasteiger partial charge on any atom is -0.491 e. The first-order valence-electron chi connectivity index (χ1n) is 33.0. The monoisotopic (exact) mass is 1250 g/mol. The molecule has 6 aromatic rings. The molecule has 0 saturated heterocycles. The molecule has 0 spiro atoms. The number of H-pyrrole nitrogens is 4. The number of rotatable bonds is 43. The van der Waals surface area contributed by atoms with E-state index in [1.807, 2.05) is 76.2 Å². The fourth-order valence-corrected chi connectivity index (χ4v) is 11.7. The number of benzene rings is 2. The minimum atomic E-state index is -0.412. The van der Waals surface area contributed by atoms with Gasteiger partial charge in [-0.2, -0.15) is 0 Å². The van der Waals surface area contributed by atoms with Crippen molar-refractivity contribution in [1.29, 1.82) is 0 Å². The Hall–Kier alpha value is -7.12. The van der Waals surface area contributed by atoms with Crippen LogP contribution in [0.1, 0.15) is 239 Å². The van der Waals surface area contributed by atoms with E-state index in [-0.39, 0.29) is 50.3 Å². The Morgan fingerprint density at radius 1 is 0.356 bits per heavy atom. The van der Waals surface area contributed by atoms with E-state index in [0.717, 1.165) is 155 Å². The Kier molecular flexibility index (Phi) is 30.3. The van der Waals surface area contributed by atoms with Gasteiger partial charge in [-0.05, 0) is 187 Å². The van der Waals surface area contributed by atoms with Crippen LogP contribution >= 0.6 is 0 Å².